The first kappa shape index (κ1) is 16.8. The van der Waals surface area contributed by atoms with E-state index >= 15 is 0 Å². The molecule has 0 N–H and O–H groups in total. The molecule has 0 unspecified atom stereocenters. The van der Waals surface area contributed by atoms with Crippen LogP contribution in [-0.2, 0) is 9.53 Å². The molecule has 1 aromatic carbocycles. The second kappa shape index (κ2) is 8.14. The molecule has 5 nitrogen and oxygen atoms in total. The van der Waals surface area contributed by atoms with Crippen LogP contribution in [0.5, 0.6) is 11.5 Å². The molecule has 0 atom stereocenters. The molecular formula is C17H16O5S. The van der Waals surface area contributed by atoms with E-state index in [9.17, 15) is 9.59 Å². The maximum atomic E-state index is 11.7. The molecule has 2 aromatic rings. The lowest BCUT2D eigenvalue weighted by Gasteiger charge is -2.07. The van der Waals surface area contributed by atoms with Crippen LogP contribution in [0.25, 0.3) is 6.08 Å². The highest BCUT2D eigenvalue weighted by Gasteiger charge is 2.09. The Kier molecular flexibility index (Phi) is 5.94. The number of Topliss-reactive ketones (excluding diaryl/α,β-unsaturated/α-hetero) is 1. The molecule has 2 rings (SSSR count). The monoisotopic (exact) mass is 332 g/mol. The molecule has 23 heavy (non-hydrogen) atoms. The van der Waals surface area contributed by atoms with Crippen LogP contribution in [0.2, 0.25) is 0 Å². The van der Waals surface area contributed by atoms with Crippen molar-refractivity contribution in [3.8, 4) is 11.5 Å². The number of carbonyl (C=O) groups is 2. The highest BCUT2D eigenvalue weighted by Crippen LogP contribution is 2.25. The van der Waals surface area contributed by atoms with Crippen LogP contribution >= 0.6 is 11.3 Å². The maximum Gasteiger partial charge on any atom is 0.331 e. The summed E-state index contributed by atoms with van der Waals surface area (Å²) in [6.07, 6.45) is 2.82. The number of benzene rings is 1. The van der Waals surface area contributed by atoms with E-state index in [1.165, 1.54) is 24.5 Å². The van der Waals surface area contributed by atoms with Crippen molar-refractivity contribution < 1.29 is 23.8 Å². The van der Waals surface area contributed by atoms with Crippen LogP contribution in [0.3, 0.4) is 0 Å². The van der Waals surface area contributed by atoms with Gasteiger partial charge < -0.3 is 14.2 Å². The minimum atomic E-state index is -0.590. The fourth-order valence-corrected chi connectivity index (χ4v) is 2.46. The molecule has 6 heteroatoms. The van der Waals surface area contributed by atoms with E-state index in [0.29, 0.717) is 21.9 Å². The molecule has 0 spiro atoms. The molecule has 0 saturated carbocycles. The molecule has 120 valence electrons. The minimum Gasteiger partial charge on any atom is -0.497 e. The normalized spacial score (nSPS) is 10.5. The Bertz CT molecular complexity index is 704. The molecule has 1 heterocycles. The summed E-state index contributed by atoms with van der Waals surface area (Å²) < 4.78 is 15.3. The second-order valence-corrected chi connectivity index (χ2v) is 5.40. The Balaban J connectivity index is 1.94. The van der Waals surface area contributed by atoms with Gasteiger partial charge in [-0.2, -0.15) is 0 Å². The predicted molar refractivity (Wildman–Crippen MR) is 88.2 cm³/mol. The highest BCUT2D eigenvalue weighted by molar-refractivity contribution is 7.12. The summed E-state index contributed by atoms with van der Waals surface area (Å²) >= 11 is 1.31. The molecule has 0 aliphatic heterocycles. The quantitative estimate of drug-likeness (QED) is 0.443. The first-order valence-corrected chi connectivity index (χ1v) is 7.65. The summed E-state index contributed by atoms with van der Waals surface area (Å²) in [6, 6.07) is 8.70. The zero-order chi connectivity index (χ0) is 16.7. The standard InChI is InChI=1S/C17H16O5S/c1-20-13-7-5-12(15(10-13)21-2)6-8-17(19)22-11-14(18)16-4-3-9-23-16/h3-10H,11H2,1-2H3/b8-6+. The fourth-order valence-electron chi connectivity index (χ4n) is 1.81. The van der Waals surface area contributed by atoms with Crippen molar-refractivity contribution in [2.45, 2.75) is 0 Å². The Morgan fingerprint density at radius 3 is 2.65 bits per heavy atom. The van der Waals surface area contributed by atoms with Crippen LogP contribution in [-0.4, -0.2) is 32.6 Å². The van der Waals surface area contributed by atoms with Crippen LogP contribution in [0.4, 0.5) is 0 Å². The van der Waals surface area contributed by atoms with Gasteiger partial charge in [0.1, 0.15) is 11.5 Å². The average Bonchev–Trinajstić information content (AvgIpc) is 3.12. The third-order valence-corrected chi connectivity index (χ3v) is 3.89. The van der Waals surface area contributed by atoms with Gasteiger partial charge in [-0.25, -0.2) is 4.79 Å². The number of ketones is 1. The van der Waals surface area contributed by atoms with Gasteiger partial charge in [-0.1, -0.05) is 6.07 Å². The first-order chi connectivity index (χ1) is 11.1. The predicted octanol–water partition coefficient (Wildman–Crippen LogP) is 3.20. The first-order valence-electron chi connectivity index (χ1n) is 6.77. The molecule has 0 radical (unpaired) electrons. The number of methoxy groups -OCH3 is 2. The van der Waals surface area contributed by atoms with Crippen molar-refractivity contribution in [3.63, 3.8) is 0 Å². The van der Waals surface area contributed by atoms with E-state index in [0.717, 1.165) is 0 Å². The van der Waals surface area contributed by atoms with Gasteiger partial charge in [0.25, 0.3) is 0 Å². The summed E-state index contributed by atoms with van der Waals surface area (Å²) in [4.78, 5) is 24.0. The number of carbonyl (C=O) groups excluding carboxylic acids is 2. The van der Waals surface area contributed by atoms with Crippen molar-refractivity contribution >= 4 is 29.2 Å². The summed E-state index contributed by atoms with van der Waals surface area (Å²) in [5.41, 5.74) is 0.704. The van der Waals surface area contributed by atoms with Crippen molar-refractivity contribution in [1.29, 1.82) is 0 Å². The van der Waals surface area contributed by atoms with Crippen LogP contribution < -0.4 is 9.47 Å². The average molecular weight is 332 g/mol. The third kappa shape index (κ3) is 4.69. The van der Waals surface area contributed by atoms with Gasteiger partial charge in [0, 0.05) is 17.7 Å². The zero-order valence-electron chi connectivity index (χ0n) is 12.8. The van der Waals surface area contributed by atoms with Crippen LogP contribution in [0.1, 0.15) is 15.2 Å². The van der Waals surface area contributed by atoms with Gasteiger partial charge in [0.2, 0.25) is 5.78 Å². The van der Waals surface area contributed by atoms with Gasteiger partial charge in [0.05, 0.1) is 19.1 Å². The molecule has 1 aromatic heterocycles. The Hall–Kier alpha value is -2.60. The molecule has 0 fully saturated rings. The number of esters is 1. The van der Waals surface area contributed by atoms with E-state index in [-0.39, 0.29) is 12.4 Å². The number of hydrogen-bond acceptors (Lipinski definition) is 6. The van der Waals surface area contributed by atoms with E-state index in [1.54, 1.807) is 48.9 Å². The minimum absolute atomic E-state index is 0.219. The number of thiophene rings is 1. The van der Waals surface area contributed by atoms with Gasteiger partial charge >= 0.3 is 5.97 Å². The smallest absolute Gasteiger partial charge is 0.331 e. The Morgan fingerprint density at radius 1 is 1.17 bits per heavy atom. The van der Waals surface area contributed by atoms with E-state index in [2.05, 4.69) is 0 Å². The van der Waals surface area contributed by atoms with Gasteiger partial charge in [-0.15, -0.1) is 11.3 Å². The Morgan fingerprint density at radius 2 is 2.00 bits per heavy atom. The van der Waals surface area contributed by atoms with Crippen LogP contribution in [0, 0.1) is 0 Å². The fraction of sp³-hybridized carbons (Fsp3) is 0.176. The number of ether oxygens (including phenoxy) is 3. The largest absolute Gasteiger partial charge is 0.497 e. The zero-order valence-corrected chi connectivity index (χ0v) is 13.6. The van der Waals surface area contributed by atoms with Crippen LogP contribution in [0.15, 0.2) is 41.8 Å². The molecular weight excluding hydrogens is 316 g/mol. The lowest BCUT2D eigenvalue weighted by Crippen LogP contribution is -2.11. The van der Waals surface area contributed by atoms with Crippen molar-refractivity contribution in [3.05, 3.63) is 52.2 Å². The summed E-state index contributed by atoms with van der Waals surface area (Å²) in [7, 11) is 3.09. The van der Waals surface area contributed by atoms with E-state index < -0.39 is 5.97 Å². The maximum absolute atomic E-state index is 11.7. The second-order valence-electron chi connectivity index (χ2n) is 4.45. The molecule has 0 saturated heterocycles. The summed E-state index contributed by atoms with van der Waals surface area (Å²) in [5, 5.41) is 1.80. The molecule has 0 aliphatic carbocycles. The lowest BCUT2D eigenvalue weighted by atomic mass is 10.2. The van der Waals surface area contributed by atoms with Crippen molar-refractivity contribution in [2.24, 2.45) is 0 Å². The number of rotatable bonds is 7. The molecule has 0 aliphatic rings. The van der Waals surface area contributed by atoms with Gasteiger partial charge in [-0.05, 0) is 29.7 Å². The SMILES string of the molecule is COc1ccc(/C=C/C(=O)OCC(=O)c2cccs2)c(OC)c1. The Labute approximate surface area is 138 Å². The number of hydrogen-bond donors (Lipinski definition) is 0. The summed E-state index contributed by atoms with van der Waals surface area (Å²) in [5.74, 6) is 0.419. The van der Waals surface area contributed by atoms with Crippen molar-refractivity contribution in [1.82, 2.24) is 0 Å². The van der Waals surface area contributed by atoms with Crippen molar-refractivity contribution in [2.75, 3.05) is 20.8 Å². The molecule has 0 bridgehead atoms. The van der Waals surface area contributed by atoms with E-state index in [4.69, 9.17) is 14.2 Å². The van der Waals surface area contributed by atoms with Gasteiger partial charge in [0.15, 0.2) is 6.61 Å². The van der Waals surface area contributed by atoms with E-state index in [1.807, 2.05) is 0 Å². The van der Waals surface area contributed by atoms with Gasteiger partial charge in [-0.3, -0.25) is 4.79 Å². The highest BCUT2D eigenvalue weighted by atomic mass is 32.1. The summed E-state index contributed by atoms with van der Waals surface area (Å²) in [6.45, 7) is -0.274. The lowest BCUT2D eigenvalue weighted by molar-refractivity contribution is -0.136. The molecule has 0 amide bonds. The topological polar surface area (TPSA) is 61.8 Å². The third-order valence-electron chi connectivity index (χ3n) is 2.98.